The summed E-state index contributed by atoms with van der Waals surface area (Å²) in [4.78, 5) is 203. The molecule has 14 atom stereocenters. The Hall–Kier alpha value is -10.9. The molecule has 8 fully saturated rings. The van der Waals surface area contributed by atoms with Crippen molar-refractivity contribution in [1.29, 1.82) is 0 Å². The Morgan fingerprint density at radius 2 is 0.852 bits per heavy atom. The predicted octanol–water partition coefficient (Wildman–Crippen LogP) is 2.55. The summed E-state index contributed by atoms with van der Waals surface area (Å²) >= 11 is 0. The Morgan fingerprint density at radius 1 is 0.435 bits per heavy atom. The van der Waals surface area contributed by atoms with Crippen LogP contribution in [0.3, 0.4) is 0 Å². The lowest BCUT2D eigenvalue weighted by atomic mass is 9.99. The zero-order chi connectivity index (χ0) is 82.8. The summed E-state index contributed by atoms with van der Waals surface area (Å²) in [7, 11) is 0. The molecule has 12 amide bonds. The van der Waals surface area contributed by atoms with Gasteiger partial charge >= 0.3 is 11.9 Å². The van der Waals surface area contributed by atoms with E-state index in [1.807, 2.05) is 58.9 Å². The zero-order valence-corrected chi connectivity index (χ0v) is 65.5. The number of cyclic esters (lactones) is 2. The smallest absolute Gasteiger partial charge is 0.328 e. The van der Waals surface area contributed by atoms with E-state index in [0.717, 1.165) is 41.0 Å². The van der Waals surface area contributed by atoms with Crippen LogP contribution in [-0.4, -0.2) is 250 Å². The van der Waals surface area contributed by atoms with Gasteiger partial charge in [0.15, 0.2) is 0 Å². The summed E-state index contributed by atoms with van der Waals surface area (Å²) in [5.74, 6) is -13.1. The number of hydrogen-bond acceptors (Lipinski definition) is 17. The third-order valence-corrected chi connectivity index (χ3v) is 22.5. The molecule has 618 valence electrons. The van der Waals surface area contributed by atoms with Crippen molar-refractivity contribution in [3.63, 3.8) is 0 Å². The number of benzene rings is 4. The summed E-state index contributed by atoms with van der Waals surface area (Å²) in [5, 5.41) is 15.9. The van der Waals surface area contributed by atoms with Gasteiger partial charge in [-0.25, -0.2) is 27.2 Å². The number of piperidine rings is 1. The molecule has 0 saturated carbocycles. The molecular formula is C82H100F4N12O17. The van der Waals surface area contributed by atoms with E-state index in [-0.39, 0.29) is 127 Å². The van der Waals surface area contributed by atoms with Crippen LogP contribution in [0.1, 0.15) is 124 Å². The Balaban J connectivity index is 0.000000226. The summed E-state index contributed by atoms with van der Waals surface area (Å²) < 4.78 is 74.1. The van der Waals surface area contributed by atoms with E-state index in [9.17, 15) is 84.7 Å². The van der Waals surface area contributed by atoms with Gasteiger partial charge in [-0.15, -0.1) is 0 Å². The Bertz CT molecular complexity index is 4360. The Kier molecular flexibility index (Phi) is 27.8. The molecule has 0 unspecified atom stereocenters. The van der Waals surface area contributed by atoms with Crippen molar-refractivity contribution >= 4 is 82.8 Å². The highest BCUT2D eigenvalue weighted by Gasteiger charge is 2.50. The molecule has 8 heterocycles. The van der Waals surface area contributed by atoms with Crippen molar-refractivity contribution in [1.82, 2.24) is 61.3 Å². The number of amides is 12. The minimum atomic E-state index is -1.59. The SMILES string of the molecule is Cc1ccc(CC(=O)N[C@@H](Cc2cc(F)cc(F)c2)C(=O)N[C@H]2COC(=O)[C@@H]3C[C@@H](C)CN3C(=O)[C@H](C)NC(=O)[C@@H]3COCCN3C(=O)[C@@H]3CCCN3C2=O)cc1.Cc1ccc(CC(=O)N[C@@H](Cc2cc(F)cc(F)c2)C(=O)N[C@H]2COC(=O)[C@@H]3C[C@H](C)CN3C(=O)[C@H](C)NC(=O)[C@@H]3CCCCN3C(=O)[C@@H]3CCCN3C2=O)cc1C. The molecule has 8 saturated heterocycles. The number of aryl methyl sites for hydroxylation is 3. The van der Waals surface area contributed by atoms with E-state index in [1.165, 1.54) is 43.2 Å². The van der Waals surface area contributed by atoms with E-state index < -0.39 is 192 Å². The summed E-state index contributed by atoms with van der Waals surface area (Å²) in [6, 6.07) is 3.82. The lowest BCUT2D eigenvalue weighted by Crippen LogP contribution is -2.63. The van der Waals surface area contributed by atoms with Crippen LogP contribution in [0.15, 0.2) is 78.9 Å². The molecule has 8 aliphatic heterocycles. The van der Waals surface area contributed by atoms with Crippen LogP contribution in [0.2, 0.25) is 0 Å². The number of nitrogens with zero attached hydrogens (tertiary/aromatic N) is 6. The molecule has 8 aliphatic rings. The number of morpholine rings is 1. The fourth-order valence-corrected chi connectivity index (χ4v) is 16.4. The third kappa shape index (κ3) is 21.0. The highest BCUT2D eigenvalue weighted by atomic mass is 19.1. The molecule has 0 radical (unpaired) electrons. The fourth-order valence-electron chi connectivity index (χ4n) is 16.4. The molecule has 0 bridgehead atoms. The number of rotatable bonds is 14. The van der Waals surface area contributed by atoms with Gasteiger partial charge in [0.25, 0.3) is 0 Å². The number of fused-ring (bicyclic) bond motifs is 6. The molecule has 29 nitrogen and oxygen atoms in total. The van der Waals surface area contributed by atoms with Gasteiger partial charge in [-0.05, 0) is 162 Å². The van der Waals surface area contributed by atoms with Gasteiger partial charge in [0.1, 0.15) is 109 Å². The maximum atomic E-state index is 14.5. The van der Waals surface area contributed by atoms with Gasteiger partial charge < -0.3 is 75.5 Å². The van der Waals surface area contributed by atoms with E-state index >= 15 is 0 Å². The Morgan fingerprint density at radius 3 is 1.32 bits per heavy atom. The molecule has 4 aromatic carbocycles. The van der Waals surface area contributed by atoms with Crippen molar-refractivity contribution in [3.05, 3.63) is 141 Å². The summed E-state index contributed by atoms with van der Waals surface area (Å²) in [6.07, 6.45) is 2.55. The third-order valence-electron chi connectivity index (χ3n) is 22.5. The molecule has 0 spiro atoms. The van der Waals surface area contributed by atoms with Gasteiger partial charge in [-0.1, -0.05) is 61.9 Å². The summed E-state index contributed by atoms with van der Waals surface area (Å²) in [5.41, 5.74) is 4.35. The van der Waals surface area contributed by atoms with Crippen molar-refractivity contribution in [2.75, 3.05) is 65.7 Å². The second kappa shape index (κ2) is 37.6. The summed E-state index contributed by atoms with van der Waals surface area (Å²) in [6.45, 7) is 12.0. The van der Waals surface area contributed by atoms with Crippen LogP contribution in [0.25, 0.3) is 0 Å². The monoisotopic (exact) mass is 1600 g/mol. The minimum Gasteiger partial charge on any atom is -0.461 e. The number of carbonyl (C=O) groups excluding carboxylic acids is 14. The van der Waals surface area contributed by atoms with E-state index in [4.69, 9.17) is 14.2 Å². The number of carbonyl (C=O) groups is 14. The first kappa shape index (κ1) is 85.0. The van der Waals surface area contributed by atoms with Crippen LogP contribution in [0, 0.1) is 55.9 Å². The molecule has 0 aliphatic carbocycles. The minimum absolute atomic E-state index is 0.0441. The zero-order valence-electron chi connectivity index (χ0n) is 65.5. The van der Waals surface area contributed by atoms with Crippen molar-refractivity contribution in [3.8, 4) is 0 Å². The standard InChI is InChI=1S/C42H52F2N6O8.C40H48F2N6O9/c1-23-14-35-42(57)58-22-32(47-37(52)31(18-28-16-29(43)20-30(44)17-28)46-36(51)19-27-11-10-24(2)25(3)15-27)40(55)49-13-7-9-34(49)41(56)48-12-6-5-8-33(48)38(53)45-26(4)39(54)50(35)21-23;1-22-6-8-25(9-7-22)17-34(49)44-29(16-26-14-27(41)18-28(42)15-26)35(50)45-30-20-57-40(55)32-13-23(2)19-48(32)37(52)24(3)43-36(51)33-21-56-12-11-47(33)39(54)31-5-4-10-46(31)38(30)53/h10-11,15-17,20,23,26,31-35H,5-9,12-14,18-19,21-22H2,1-4H3,(H,45,53)(H,46,51)(H,47,52);6-9,14-15,18,23-24,29-33H,4-5,10-13,16-17,19-21H2,1-3H3,(H,43,51)(H,44,49)(H,45,50)/t23-,26-,31-,32-,33-,34-,35-;23-,24+,29+,30+,31+,32+,33+/m01/s1. The highest BCUT2D eigenvalue weighted by molar-refractivity contribution is 6.00. The number of esters is 2. The van der Waals surface area contributed by atoms with Crippen LogP contribution in [-0.2, 0) is 107 Å². The van der Waals surface area contributed by atoms with E-state index in [2.05, 4.69) is 31.9 Å². The first-order chi connectivity index (χ1) is 54.8. The fraction of sp³-hybridized carbons (Fsp3) is 0.537. The molecule has 12 rings (SSSR count). The maximum absolute atomic E-state index is 14.5. The predicted molar refractivity (Wildman–Crippen MR) is 403 cm³/mol. The van der Waals surface area contributed by atoms with E-state index in [0.29, 0.717) is 55.4 Å². The molecule has 33 heteroatoms. The van der Waals surface area contributed by atoms with Crippen molar-refractivity contribution in [2.45, 2.75) is 204 Å². The second-order valence-electron chi connectivity index (χ2n) is 31.5. The second-order valence-corrected chi connectivity index (χ2v) is 31.5. The van der Waals surface area contributed by atoms with Crippen LogP contribution >= 0.6 is 0 Å². The molecule has 0 aromatic heterocycles. The lowest BCUT2D eigenvalue weighted by Gasteiger charge is -2.39. The Labute approximate surface area is 663 Å². The number of halogens is 4. The molecule has 6 N–H and O–H groups in total. The largest absolute Gasteiger partial charge is 0.461 e. The topological polar surface area (TPSA) is 358 Å². The average molecular weight is 1600 g/mol. The first-order valence-electron chi connectivity index (χ1n) is 39.3. The molecule has 4 aromatic rings. The normalized spacial score (nSPS) is 26.4. The lowest BCUT2D eigenvalue weighted by molar-refractivity contribution is -0.160. The maximum Gasteiger partial charge on any atom is 0.328 e. The van der Waals surface area contributed by atoms with Crippen LogP contribution in [0.5, 0.6) is 0 Å². The van der Waals surface area contributed by atoms with Gasteiger partial charge in [0, 0.05) is 64.2 Å². The highest BCUT2D eigenvalue weighted by Crippen LogP contribution is 2.31. The van der Waals surface area contributed by atoms with Crippen LogP contribution in [0.4, 0.5) is 17.6 Å². The number of hydrogen-bond donors (Lipinski definition) is 6. The quantitative estimate of drug-likeness (QED) is 0.0780. The number of nitrogens with one attached hydrogen (secondary N) is 6. The van der Waals surface area contributed by atoms with Crippen molar-refractivity contribution in [2.24, 2.45) is 11.8 Å². The molecular weight excluding hydrogens is 1500 g/mol. The first-order valence-corrected chi connectivity index (χ1v) is 39.3. The van der Waals surface area contributed by atoms with Crippen LogP contribution < -0.4 is 31.9 Å². The molecule has 115 heavy (non-hydrogen) atoms. The number of ether oxygens (including phenoxy) is 3. The van der Waals surface area contributed by atoms with Gasteiger partial charge in [0.05, 0.1) is 26.1 Å². The van der Waals surface area contributed by atoms with Gasteiger partial charge in [0.2, 0.25) is 70.9 Å². The van der Waals surface area contributed by atoms with E-state index in [1.54, 1.807) is 18.2 Å². The average Bonchev–Trinajstić information content (AvgIpc) is 1.76. The van der Waals surface area contributed by atoms with Crippen molar-refractivity contribution < 1.29 is 98.9 Å². The van der Waals surface area contributed by atoms with Gasteiger partial charge in [-0.2, -0.15) is 0 Å². The van der Waals surface area contributed by atoms with Gasteiger partial charge in [-0.3, -0.25) is 57.5 Å².